The number of carbonyl (C=O) groups excluding carboxylic acids is 1. The van der Waals surface area contributed by atoms with Crippen molar-refractivity contribution in [3.05, 3.63) is 64.7 Å². The van der Waals surface area contributed by atoms with Crippen LogP contribution >= 0.6 is 11.3 Å². The summed E-state index contributed by atoms with van der Waals surface area (Å²) in [5.74, 6) is 0.124. The Labute approximate surface area is 165 Å². The van der Waals surface area contributed by atoms with Crippen LogP contribution in [0.3, 0.4) is 0 Å². The van der Waals surface area contributed by atoms with E-state index in [1.807, 2.05) is 24.3 Å². The van der Waals surface area contributed by atoms with Gasteiger partial charge in [-0.05, 0) is 56.6 Å². The molecule has 27 heavy (non-hydrogen) atoms. The summed E-state index contributed by atoms with van der Waals surface area (Å²) in [5, 5.41) is 4.22. The van der Waals surface area contributed by atoms with Crippen molar-refractivity contribution in [2.45, 2.75) is 38.8 Å². The first-order valence-electron chi connectivity index (χ1n) is 9.44. The number of benzene rings is 2. The van der Waals surface area contributed by atoms with Crippen LogP contribution in [0.4, 0.5) is 0 Å². The van der Waals surface area contributed by atoms with E-state index >= 15 is 0 Å². The Bertz CT molecular complexity index is 855. The molecule has 0 saturated heterocycles. The number of carbonyl (C=O) groups is 1. The molecule has 0 aliphatic rings. The smallest absolute Gasteiger partial charge is 0.220 e. The molecule has 0 aliphatic carbocycles. The van der Waals surface area contributed by atoms with Gasteiger partial charge >= 0.3 is 0 Å². The summed E-state index contributed by atoms with van der Waals surface area (Å²) in [6, 6.07) is 16.5. The Hall–Kier alpha value is -2.24. The van der Waals surface area contributed by atoms with Gasteiger partial charge in [0.25, 0.3) is 0 Å². The fourth-order valence-electron chi connectivity index (χ4n) is 3.10. The highest BCUT2D eigenvalue weighted by atomic mass is 32.1. The van der Waals surface area contributed by atoms with Gasteiger partial charge in [0.05, 0.1) is 15.2 Å². The largest absolute Gasteiger partial charge is 0.352 e. The van der Waals surface area contributed by atoms with Crippen LogP contribution in [0, 0.1) is 0 Å². The van der Waals surface area contributed by atoms with Gasteiger partial charge in [0.1, 0.15) is 0 Å². The molecule has 3 aromatic rings. The number of para-hydroxylation sites is 1. The standard InChI is InChI=1S/C22H27N3OS/c1-25(2)16-18-10-4-3-9-17(18)15-23-21(26)13-7-8-14-22-24-19-11-5-6-12-20(19)27-22/h3-6,9-12H,7-8,13-16H2,1-2H3,(H,23,26). The van der Waals surface area contributed by atoms with Crippen LogP contribution in [0.15, 0.2) is 48.5 Å². The lowest BCUT2D eigenvalue weighted by atomic mass is 10.1. The van der Waals surface area contributed by atoms with Crippen LogP contribution < -0.4 is 5.32 Å². The molecule has 0 unspecified atom stereocenters. The Kier molecular flexibility index (Phi) is 6.96. The summed E-state index contributed by atoms with van der Waals surface area (Å²) < 4.78 is 1.24. The number of aromatic nitrogens is 1. The molecule has 142 valence electrons. The predicted octanol–water partition coefficient (Wildman–Crippen LogP) is 4.39. The number of nitrogens with one attached hydrogen (secondary N) is 1. The van der Waals surface area contributed by atoms with Crippen LogP contribution in [-0.2, 0) is 24.3 Å². The van der Waals surface area contributed by atoms with Crippen molar-refractivity contribution in [2.24, 2.45) is 0 Å². The Morgan fingerprint density at radius 1 is 1.04 bits per heavy atom. The van der Waals surface area contributed by atoms with Gasteiger partial charge < -0.3 is 10.2 Å². The van der Waals surface area contributed by atoms with Gasteiger partial charge in [-0.1, -0.05) is 36.4 Å². The van der Waals surface area contributed by atoms with Gasteiger partial charge in [-0.2, -0.15) is 0 Å². The second-order valence-electron chi connectivity index (χ2n) is 7.07. The molecule has 0 fully saturated rings. The number of aryl methyl sites for hydroxylation is 1. The summed E-state index contributed by atoms with van der Waals surface area (Å²) in [7, 11) is 4.11. The number of hydrogen-bond acceptors (Lipinski definition) is 4. The van der Waals surface area contributed by atoms with Crippen LogP contribution in [-0.4, -0.2) is 29.9 Å². The Morgan fingerprint density at radius 2 is 1.78 bits per heavy atom. The van der Waals surface area contributed by atoms with E-state index in [-0.39, 0.29) is 5.91 Å². The van der Waals surface area contributed by atoms with E-state index in [2.05, 4.69) is 53.6 Å². The highest BCUT2D eigenvalue weighted by Gasteiger charge is 2.07. The lowest BCUT2D eigenvalue weighted by molar-refractivity contribution is -0.121. The molecule has 0 bridgehead atoms. The average Bonchev–Trinajstić information content (AvgIpc) is 3.07. The number of amides is 1. The molecule has 3 rings (SSSR count). The molecule has 5 heteroatoms. The van der Waals surface area contributed by atoms with Crippen LogP contribution in [0.25, 0.3) is 10.2 Å². The number of nitrogens with zero attached hydrogens (tertiary/aromatic N) is 2. The second kappa shape index (κ2) is 9.62. The molecular formula is C22H27N3OS. The van der Waals surface area contributed by atoms with Crippen LogP contribution in [0.2, 0.25) is 0 Å². The van der Waals surface area contributed by atoms with Gasteiger partial charge in [-0.25, -0.2) is 4.98 Å². The lowest BCUT2D eigenvalue weighted by Crippen LogP contribution is -2.23. The topological polar surface area (TPSA) is 45.2 Å². The third-order valence-electron chi connectivity index (χ3n) is 4.46. The van der Waals surface area contributed by atoms with Crippen molar-refractivity contribution in [1.29, 1.82) is 0 Å². The van der Waals surface area contributed by atoms with E-state index in [0.29, 0.717) is 13.0 Å². The number of rotatable bonds is 9. The molecule has 1 heterocycles. The maximum atomic E-state index is 12.2. The SMILES string of the molecule is CN(C)Cc1ccccc1CNC(=O)CCCCc1nc2ccccc2s1. The van der Waals surface area contributed by atoms with Gasteiger partial charge in [-0.3, -0.25) is 4.79 Å². The average molecular weight is 382 g/mol. The molecule has 0 radical (unpaired) electrons. The predicted molar refractivity (Wildman–Crippen MR) is 113 cm³/mol. The normalized spacial score (nSPS) is 11.2. The zero-order valence-corrected chi connectivity index (χ0v) is 16.9. The maximum Gasteiger partial charge on any atom is 0.220 e. The van der Waals surface area contributed by atoms with Crippen LogP contribution in [0.5, 0.6) is 0 Å². The first-order valence-corrected chi connectivity index (χ1v) is 10.3. The van der Waals surface area contributed by atoms with Crippen molar-refractivity contribution in [3.8, 4) is 0 Å². The van der Waals surface area contributed by atoms with E-state index in [1.165, 1.54) is 15.8 Å². The summed E-state index contributed by atoms with van der Waals surface area (Å²) in [6.07, 6.45) is 3.39. The number of fused-ring (bicyclic) bond motifs is 1. The van der Waals surface area contributed by atoms with E-state index in [4.69, 9.17) is 0 Å². The molecule has 2 aromatic carbocycles. The highest BCUT2D eigenvalue weighted by molar-refractivity contribution is 7.18. The van der Waals surface area contributed by atoms with Gasteiger partial charge in [-0.15, -0.1) is 11.3 Å². The molecule has 0 saturated carbocycles. The number of unbranched alkanes of at least 4 members (excludes halogenated alkanes) is 1. The highest BCUT2D eigenvalue weighted by Crippen LogP contribution is 2.22. The summed E-state index contributed by atoms with van der Waals surface area (Å²) in [5.41, 5.74) is 3.53. The first kappa shape index (κ1) is 19.5. The molecule has 0 atom stereocenters. The van der Waals surface area contributed by atoms with Crippen molar-refractivity contribution in [2.75, 3.05) is 14.1 Å². The molecular weight excluding hydrogens is 354 g/mol. The third kappa shape index (κ3) is 5.88. The van der Waals surface area contributed by atoms with Crippen molar-refractivity contribution < 1.29 is 4.79 Å². The van der Waals surface area contributed by atoms with Gasteiger partial charge in [0, 0.05) is 19.5 Å². The summed E-state index contributed by atoms with van der Waals surface area (Å²) >= 11 is 1.75. The third-order valence-corrected chi connectivity index (χ3v) is 5.56. The Balaban J connectivity index is 1.40. The van der Waals surface area contributed by atoms with E-state index < -0.39 is 0 Å². The Morgan fingerprint density at radius 3 is 2.56 bits per heavy atom. The van der Waals surface area contributed by atoms with Crippen molar-refractivity contribution >= 4 is 27.5 Å². The van der Waals surface area contributed by atoms with Gasteiger partial charge in [0.15, 0.2) is 0 Å². The minimum atomic E-state index is 0.124. The van der Waals surface area contributed by atoms with E-state index in [1.54, 1.807) is 11.3 Å². The second-order valence-corrected chi connectivity index (χ2v) is 8.18. The molecule has 1 N–H and O–H groups in total. The zero-order chi connectivity index (χ0) is 19.1. The van der Waals surface area contributed by atoms with Gasteiger partial charge in [0.2, 0.25) is 5.91 Å². The summed E-state index contributed by atoms with van der Waals surface area (Å²) in [4.78, 5) is 19.0. The minimum Gasteiger partial charge on any atom is -0.352 e. The molecule has 1 aromatic heterocycles. The van der Waals surface area contributed by atoms with E-state index in [9.17, 15) is 4.79 Å². The molecule has 0 aliphatic heterocycles. The molecule has 1 amide bonds. The zero-order valence-electron chi connectivity index (χ0n) is 16.1. The lowest BCUT2D eigenvalue weighted by Gasteiger charge is -2.14. The monoisotopic (exact) mass is 381 g/mol. The fraction of sp³-hybridized carbons (Fsp3) is 0.364. The number of hydrogen-bond donors (Lipinski definition) is 1. The van der Waals surface area contributed by atoms with Crippen LogP contribution in [0.1, 0.15) is 35.4 Å². The molecule has 4 nitrogen and oxygen atoms in total. The number of thiazole rings is 1. The quantitative estimate of drug-likeness (QED) is 0.559. The maximum absolute atomic E-state index is 12.2. The minimum absolute atomic E-state index is 0.124. The first-order chi connectivity index (χ1) is 13.1. The van der Waals surface area contributed by atoms with Crippen molar-refractivity contribution in [1.82, 2.24) is 15.2 Å². The fourth-order valence-corrected chi connectivity index (χ4v) is 4.10. The van der Waals surface area contributed by atoms with Crippen molar-refractivity contribution in [3.63, 3.8) is 0 Å². The van der Waals surface area contributed by atoms with E-state index in [0.717, 1.165) is 36.3 Å². The molecule has 0 spiro atoms. The summed E-state index contributed by atoms with van der Waals surface area (Å²) in [6.45, 7) is 1.48.